The van der Waals surface area contributed by atoms with Crippen LogP contribution in [0.3, 0.4) is 0 Å². The Morgan fingerprint density at radius 1 is 1.30 bits per heavy atom. The monoisotopic (exact) mass is 400 g/mol. The zero-order chi connectivity index (χ0) is 21.3. The van der Waals surface area contributed by atoms with Crippen LogP contribution in [-0.2, 0) is 24.3 Å². The molecule has 0 aliphatic carbocycles. The number of nitrogens with zero attached hydrogens (tertiary/aromatic N) is 5. The van der Waals surface area contributed by atoms with Gasteiger partial charge in [0.05, 0.1) is 12.2 Å². The Kier molecular flexibility index (Phi) is 5.23. The second-order valence-corrected chi connectivity index (χ2v) is 7.81. The molecule has 3 aromatic rings. The van der Waals surface area contributed by atoms with E-state index >= 15 is 0 Å². The maximum absolute atomic E-state index is 12.7. The molecule has 152 valence electrons. The Bertz CT molecular complexity index is 1130. The van der Waals surface area contributed by atoms with Gasteiger partial charge in [-0.25, -0.2) is 4.98 Å². The van der Waals surface area contributed by atoms with Crippen molar-refractivity contribution in [1.29, 1.82) is 5.26 Å². The van der Waals surface area contributed by atoms with Crippen molar-refractivity contribution in [2.75, 3.05) is 12.3 Å². The highest BCUT2D eigenvalue weighted by molar-refractivity contribution is 5.83. The minimum atomic E-state index is -0.0840. The zero-order valence-electron chi connectivity index (χ0n) is 17.2. The van der Waals surface area contributed by atoms with Gasteiger partial charge in [-0.1, -0.05) is 38.1 Å². The molecule has 7 heteroatoms. The van der Waals surface area contributed by atoms with Crippen molar-refractivity contribution in [2.45, 2.75) is 33.4 Å². The molecule has 1 aromatic carbocycles. The number of benzene rings is 1. The quantitative estimate of drug-likeness (QED) is 0.725. The molecule has 0 fully saturated rings. The molecule has 0 radical (unpaired) electrons. The van der Waals surface area contributed by atoms with Crippen LogP contribution in [0.25, 0.3) is 11.1 Å². The molecule has 0 unspecified atom stereocenters. The van der Waals surface area contributed by atoms with Crippen LogP contribution in [0.4, 0.5) is 5.82 Å². The maximum Gasteiger partial charge on any atom is 0.225 e. The number of rotatable bonds is 4. The second-order valence-electron chi connectivity index (χ2n) is 7.81. The normalized spacial score (nSPS) is 13.2. The molecular weight excluding hydrogens is 376 g/mol. The van der Waals surface area contributed by atoms with Gasteiger partial charge in [0, 0.05) is 48.9 Å². The van der Waals surface area contributed by atoms with E-state index in [1.807, 2.05) is 60.0 Å². The summed E-state index contributed by atoms with van der Waals surface area (Å²) in [5, 5.41) is 14.2. The van der Waals surface area contributed by atoms with E-state index in [0.717, 1.165) is 27.9 Å². The number of aromatic nitrogens is 3. The van der Waals surface area contributed by atoms with Crippen LogP contribution in [-0.4, -0.2) is 32.1 Å². The van der Waals surface area contributed by atoms with Gasteiger partial charge in [-0.15, -0.1) is 0 Å². The van der Waals surface area contributed by atoms with E-state index in [1.54, 1.807) is 6.20 Å². The number of hydrogen-bond donors (Lipinski definition) is 1. The summed E-state index contributed by atoms with van der Waals surface area (Å²) in [5.41, 5.74) is 11.1. The first-order valence-electron chi connectivity index (χ1n) is 10.1. The van der Waals surface area contributed by atoms with Gasteiger partial charge < -0.3 is 10.6 Å². The van der Waals surface area contributed by atoms with E-state index < -0.39 is 0 Å². The summed E-state index contributed by atoms with van der Waals surface area (Å²) in [7, 11) is 0. The third-order valence-electron chi connectivity index (χ3n) is 5.47. The molecular formula is C23H24N6O. The first-order valence-corrected chi connectivity index (χ1v) is 10.1. The van der Waals surface area contributed by atoms with Gasteiger partial charge in [0.1, 0.15) is 17.5 Å². The van der Waals surface area contributed by atoms with E-state index in [9.17, 15) is 10.1 Å². The van der Waals surface area contributed by atoms with E-state index in [-0.39, 0.29) is 17.6 Å². The topological polar surface area (TPSA) is 101 Å². The Morgan fingerprint density at radius 2 is 2.10 bits per heavy atom. The fourth-order valence-electron chi connectivity index (χ4n) is 4.01. The SMILES string of the molecule is CC(C)C(=O)N1CCc2nc(N)c(C#N)c(-c3ccccc3Cn3cccn3)c2C1. The van der Waals surface area contributed by atoms with Gasteiger partial charge >= 0.3 is 0 Å². The molecule has 30 heavy (non-hydrogen) atoms. The van der Waals surface area contributed by atoms with E-state index in [1.165, 1.54) is 0 Å². The summed E-state index contributed by atoms with van der Waals surface area (Å²) in [6.45, 7) is 5.41. The highest BCUT2D eigenvalue weighted by atomic mass is 16.2. The third kappa shape index (κ3) is 3.52. The third-order valence-corrected chi connectivity index (χ3v) is 5.47. The highest BCUT2D eigenvalue weighted by Crippen LogP contribution is 2.37. The zero-order valence-corrected chi connectivity index (χ0v) is 17.2. The molecule has 3 heterocycles. The number of amides is 1. The average molecular weight is 400 g/mol. The first-order chi connectivity index (χ1) is 14.5. The molecule has 1 amide bonds. The summed E-state index contributed by atoms with van der Waals surface area (Å²) in [6, 6.07) is 12.1. The molecule has 0 bridgehead atoms. The van der Waals surface area contributed by atoms with Crippen molar-refractivity contribution in [1.82, 2.24) is 19.7 Å². The number of pyridine rings is 1. The standard InChI is InChI=1S/C23H24N6O/c1-15(2)23(30)28-11-8-20-19(14-28)21(18(12-24)22(25)27-20)17-7-4-3-6-16(17)13-29-10-5-9-26-29/h3-7,9-10,15H,8,11,13-14H2,1-2H3,(H2,25,27). The Morgan fingerprint density at radius 3 is 2.80 bits per heavy atom. The van der Waals surface area contributed by atoms with Gasteiger partial charge in [-0.3, -0.25) is 9.48 Å². The number of carbonyl (C=O) groups excluding carboxylic acids is 1. The van der Waals surface area contributed by atoms with Crippen LogP contribution in [0, 0.1) is 17.2 Å². The molecule has 1 aliphatic heterocycles. The van der Waals surface area contributed by atoms with E-state index in [0.29, 0.717) is 31.6 Å². The summed E-state index contributed by atoms with van der Waals surface area (Å²) in [5.74, 6) is 0.259. The second kappa shape index (κ2) is 7.99. The molecule has 4 rings (SSSR count). The molecule has 2 N–H and O–H groups in total. The summed E-state index contributed by atoms with van der Waals surface area (Å²) in [6.07, 6.45) is 4.27. The first kappa shape index (κ1) is 19.6. The van der Waals surface area contributed by atoms with Gasteiger partial charge in [0.25, 0.3) is 0 Å². The summed E-state index contributed by atoms with van der Waals surface area (Å²) >= 11 is 0. The van der Waals surface area contributed by atoms with Crippen LogP contribution in [0.2, 0.25) is 0 Å². The lowest BCUT2D eigenvalue weighted by Crippen LogP contribution is -2.39. The van der Waals surface area contributed by atoms with Gasteiger partial charge in [0.15, 0.2) is 0 Å². The molecule has 0 saturated carbocycles. The van der Waals surface area contributed by atoms with Crippen LogP contribution in [0.1, 0.15) is 36.2 Å². The number of anilines is 1. The summed E-state index contributed by atoms with van der Waals surface area (Å²) in [4.78, 5) is 19.0. The number of nitrogen functional groups attached to an aromatic ring is 1. The number of hydrogen-bond acceptors (Lipinski definition) is 5. The lowest BCUT2D eigenvalue weighted by atomic mass is 9.88. The Balaban J connectivity index is 1.88. The Labute approximate surface area is 175 Å². The molecule has 0 atom stereocenters. The number of nitriles is 1. The molecule has 0 spiro atoms. The fraction of sp³-hybridized carbons (Fsp3) is 0.304. The smallest absolute Gasteiger partial charge is 0.225 e. The molecule has 0 saturated heterocycles. The van der Waals surface area contributed by atoms with Crippen molar-refractivity contribution >= 4 is 11.7 Å². The predicted octanol–water partition coefficient (Wildman–Crippen LogP) is 2.99. The Hall–Kier alpha value is -3.66. The number of fused-ring (bicyclic) bond motifs is 1. The van der Waals surface area contributed by atoms with Crippen LogP contribution in [0.15, 0.2) is 42.7 Å². The highest BCUT2D eigenvalue weighted by Gasteiger charge is 2.29. The van der Waals surface area contributed by atoms with Crippen molar-refractivity contribution in [3.8, 4) is 17.2 Å². The van der Waals surface area contributed by atoms with E-state index in [2.05, 4.69) is 16.2 Å². The number of nitrogens with two attached hydrogens (primary N) is 1. The minimum Gasteiger partial charge on any atom is -0.383 e. The maximum atomic E-state index is 12.7. The van der Waals surface area contributed by atoms with E-state index in [4.69, 9.17) is 5.73 Å². The number of carbonyl (C=O) groups is 1. The van der Waals surface area contributed by atoms with Crippen LogP contribution in [0.5, 0.6) is 0 Å². The summed E-state index contributed by atoms with van der Waals surface area (Å²) < 4.78 is 1.84. The van der Waals surface area contributed by atoms with Crippen molar-refractivity contribution in [2.24, 2.45) is 5.92 Å². The van der Waals surface area contributed by atoms with Gasteiger partial charge in [-0.2, -0.15) is 10.4 Å². The fourth-order valence-corrected chi connectivity index (χ4v) is 4.01. The largest absolute Gasteiger partial charge is 0.383 e. The van der Waals surface area contributed by atoms with Gasteiger partial charge in [0.2, 0.25) is 5.91 Å². The van der Waals surface area contributed by atoms with Crippen molar-refractivity contribution < 1.29 is 4.79 Å². The predicted molar refractivity (Wildman–Crippen MR) is 114 cm³/mol. The molecule has 1 aliphatic rings. The van der Waals surface area contributed by atoms with Crippen molar-refractivity contribution in [3.05, 3.63) is 65.1 Å². The molecule has 2 aromatic heterocycles. The van der Waals surface area contributed by atoms with Crippen LogP contribution >= 0.6 is 0 Å². The molecule has 7 nitrogen and oxygen atoms in total. The lowest BCUT2D eigenvalue weighted by Gasteiger charge is -2.32. The lowest BCUT2D eigenvalue weighted by molar-refractivity contribution is -0.135. The van der Waals surface area contributed by atoms with Gasteiger partial charge in [-0.05, 0) is 17.2 Å². The van der Waals surface area contributed by atoms with Crippen molar-refractivity contribution in [3.63, 3.8) is 0 Å². The minimum absolute atomic E-state index is 0.0840. The van der Waals surface area contributed by atoms with Crippen LogP contribution < -0.4 is 5.73 Å². The average Bonchev–Trinajstić information content (AvgIpc) is 3.25.